The van der Waals surface area contributed by atoms with Crippen LogP contribution in [0.25, 0.3) is 0 Å². The Labute approximate surface area is 398 Å². The second-order valence-electron chi connectivity index (χ2n) is 9.91. The van der Waals surface area contributed by atoms with Crippen molar-refractivity contribution in [3.05, 3.63) is 0 Å². The van der Waals surface area contributed by atoms with Crippen molar-refractivity contribution in [2.45, 2.75) is 73.8 Å². The first kappa shape index (κ1) is 71.2. The molecule has 0 aliphatic carbocycles. The molecule has 0 radical (unpaired) electrons. The summed E-state index contributed by atoms with van der Waals surface area (Å²) in [4.78, 5) is 122. The molecule has 0 amide bonds. The molecule has 0 unspecified atom stereocenters. The van der Waals surface area contributed by atoms with Crippen LogP contribution in [0.5, 0.6) is 0 Å². The summed E-state index contributed by atoms with van der Waals surface area (Å²) in [6.07, 6.45) is -9.15. The van der Waals surface area contributed by atoms with Gasteiger partial charge in [0.05, 0.1) is 51.4 Å². The van der Waals surface area contributed by atoms with Gasteiger partial charge in [-0.2, -0.15) is 0 Å². The van der Waals surface area contributed by atoms with Crippen LogP contribution in [0.2, 0.25) is 0 Å². The number of aliphatic hydroxyl groups is 4. The molecule has 0 aromatic carbocycles. The van der Waals surface area contributed by atoms with Crippen molar-refractivity contribution >= 4 is 190 Å². The van der Waals surface area contributed by atoms with Crippen molar-refractivity contribution in [3.8, 4) is 0 Å². The molecule has 16 N–H and O–H groups in total. The second-order valence-corrected chi connectivity index (χ2v) is 9.91. The van der Waals surface area contributed by atoms with E-state index in [0.717, 1.165) is 0 Å². The molecule has 0 aliphatic rings. The zero-order valence-corrected chi connectivity index (χ0v) is 25.7. The molecule has 304 valence electrons. The molecule has 0 fully saturated rings. The summed E-state index contributed by atoms with van der Waals surface area (Å²) in [5.74, 6) is -20.1. The van der Waals surface area contributed by atoms with Crippen molar-refractivity contribution in [1.82, 2.24) is 0 Å². The second kappa shape index (κ2) is 32.4. The van der Waals surface area contributed by atoms with Gasteiger partial charge in [0.1, 0.15) is 0 Å². The van der Waals surface area contributed by atoms with Gasteiger partial charge in [-0.25, -0.2) is 19.2 Å². The Kier molecular flexibility index (Phi) is 41.2. The van der Waals surface area contributed by atoms with Gasteiger partial charge in [0.2, 0.25) is 0 Å². The number of hydrogen-bond donors (Lipinski definition) is 16. The average Bonchev–Trinajstić information content (AvgIpc) is 2.85. The number of carboxylic acids is 12. The van der Waals surface area contributed by atoms with Crippen LogP contribution in [0, 0.1) is 0 Å². The summed E-state index contributed by atoms with van der Waals surface area (Å²) in [6, 6.07) is 0. The Bertz CT molecular complexity index is 1140. The Hall–Kier alpha value is -2.52. The van der Waals surface area contributed by atoms with Crippen LogP contribution in [0.4, 0.5) is 0 Å². The average molecular weight is 864 g/mol. The van der Waals surface area contributed by atoms with Gasteiger partial charge in [-0.3, -0.25) is 38.4 Å². The van der Waals surface area contributed by atoms with E-state index in [2.05, 4.69) is 0 Å². The molecular formula is C24H36Na4O28. The minimum atomic E-state index is -2.74. The molecule has 0 bridgehead atoms. The van der Waals surface area contributed by atoms with E-state index in [0.29, 0.717) is 0 Å². The number of carbonyl (C=O) groups is 12. The quantitative estimate of drug-likeness (QED) is 0.0505. The normalized spacial score (nSPS) is 10.1. The first-order valence-corrected chi connectivity index (χ1v) is 12.7. The molecule has 0 saturated carbocycles. The van der Waals surface area contributed by atoms with E-state index in [1.807, 2.05) is 0 Å². The zero-order valence-electron chi connectivity index (χ0n) is 25.7. The van der Waals surface area contributed by atoms with Crippen molar-refractivity contribution < 1.29 is 139 Å². The maximum atomic E-state index is 10.3. The molecule has 32 heteroatoms. The Morgan fingerprint density at radius 1 is 0.232 bits per heavy atom. The summed E-state index contributed by atoms with van der Waals surface area (Å²) < 4.78 is 0. The SMILES string of the molecule is O=C(O)CC(O)(CC(=O)O)C(=O)O.O=C(O)CC(O)(CC(=O)O)C(=O)O.O=C(O)CC(O)(CC(=O)O)C(=O)O.O=C(O)CC(O)(CC(=O)O)C(=O)O.[NaH].[NaH].[NaH].[NaH]. The standard InChI is InChI=1S/4C6H8O7.4Na.4H/c4*7-3(8)1-6(13,5(11)12)2-4(9)10;;;;;;;;/h4*13H,1-2H2,(H,7,8)(H,9,10)(H,11,12);;;;;;;;. The number of carboxylic acid groups (broad SMARTS) is 12. The Morgan fingerprint density at radius 3 is 0.339 bits per heavy atom. The van der Waals surface area contributed by atoms with Crippen LogP contribution in [-0.2, 0) is 57.5 Å². The van der Waals surface area contributed by atoms with Gasteiger partial charge < -0.3 is 81.7 Å². The van der Waals surface area contributed by atoms with Crippen molar-refractivity contribution in [1.29, 1.82) is 0 Å². The molecule has 0 atom stereocenters. The van der Waals surface area contributed by atoms with Crippen LogP contribution in [-0.4, -0.2) is 294 Å². The van der Waals surface area contributed by atoms with Crippen LogP contribution in [0.15, 0.2) is 0 Å². The Balaban J connectivity index is -0.0000000893. The Morgan fingerprint density at radius 2 is 0.304 bits per heavy atom. The predicted molar refractivity (Wildman–Crippen MR) is 177 cm³/mol. The summed E-state index contributed by atoms with van der Waals surface area (Å²) in [7, 11) is 0. The fourth-order valence-electron chi connectivity index (χ4n) is 2.86. The number of hydrogen-bond acceptors (Lipinski definition) is 16. The van der Waals surface area contributed by atoms with Gasteiger partial charge in [-0.15, -0.1) is 0 Å². The zero-order chi connectivity index (χ0) is 42.6. The van der Waals surface area contributed by atoms with E-state index in [9.17, 15) is 57.5 Å². The summed E-state index contributed by atoms with van der Waals surface area (Å²) in [5.41, 5.74) is -11.0. The third-order valence-corrected chi connectivity index (χ3v) is 5.14. The summed E-state index contributed by atoms with van der Waals surface area (Å²) >= 11 is 0. The van der Waals surface area contributed by atoms with E-state index in [-0.39, 0.29) is 118 Å². The third kappa shape index (κ3) is 34.7. The molecule has 0 aromatic heterocycles. The van der Waals surface area contributed by atoms with E-state index in [1.165, 1.54) is 0 Å². The molecule has 0 aliphatic heterocycles. The topological polar surface area (TPSA) is 529 Å². The molecule has 56 heavy (non-hydrogen) atoms. The molecular weight excluding hydrogens is 828 g/mol. The molecule has 0 heterocycles. The first-order chi connectivity index (χ1) is 23.1. The predicted octanol–water partition coefficient (Wildman–Crippen LogP) is -7.59. The van der Waals surface area contributed by atoms with E-state index in [4.69, 9.17) is 81.7 Å². The van der Waals surface area contributed by atoms with E-state index in [1.54, 1.807) is 0 Å². The molecule has 0 saturated heterocycles. The third-order valence-electron chi connectivity index (χ3n) is 5.14. The van der Waals surface area contributed by atoms with Crippen molar-refractivity contribution in [2.75, 3.05) is 0 Å². The van der Waals surface area contributed by atoms with Crippen LogP contribution < -0.4 is 0 Å². The minimum absolute atomic E-state index is 0. The van der Waals surface area contributed by atoms with Gasteiger partial charge in [0, 0.05) is 0 Å². The van der Waals surface area contributed by atoms with Gasteiger partial charge in [-0.1, -0.05) is 0 Å². The molecule has 0 rings (SSSR count). The fourth-order valence-corrected chi connectivity index (χ4v) is 2.86. The van der Waals surface area contributed by atoms with Gasteiger partial charge in [0.25, 0.3) is 0 Å². The van der Waals surface area contributed by atoms with Crippen LogP contribution in [0.3, 0.4) is 0 Å². The number of aliphatic carboxylic acids is 12. The molecule has 0 spiro atoms. The summed E-state index contributed by atoms with van der Waals surface area (Å²) in [6.45, 7) is 0. The number of rotatable bonds is 20. The first-order valence-electron chi connectivity index (χ1n) is 12.7. The van der Waals surface area contributed by atoms with Gasteiger partial charge in [0.15, 0.2) is 22.4 Å². The van der Waals surface area contributed by atoms with E-state index >= 15 is 0 Å². The van der Waals surface area contributed by atoms with Gasteiger partial charge >= 0.3 is 190 Å². The van der Waals surface area contributed by atoms with Crippen LogP contribution in [0.1, 0.15) is 51.4 Å². The molecule has 28 nitrogen and oxygen atoms in total. The fraction of sp³-hybridized carbons (Fsp3) is 0.500. The van der Waals surface area contributed by atoms with Crippen LogP contribution >= 0.6 is 0 Å². The van der Waals surface area contributed by atoms with Crippen molar-refractivity contribution in [2.24, 2.45) is 0 Å². The monoisotopic (exact) mass is 864 g/mol. The van der Waals surface area contributed by atoms with E-state index < -0.39 is 145 Å². The summed E-state index contributed by atoms with van der Waals surface area (Å²) in [5, 5.41) is 135. The van der Waals surface area contributed by atoms with Gasteiger partial charge in [-0.05, 0) is 0 Å². The molecule has 0 aromatic rings. The maximum absolute atomic E-state index is 10.3. The van der Waals surface area contributed by atoms with Crippen molar-refractivity contribution in [3.63, 3.8) is 0 Å².